The van der Waals surface area contributed by atoms with Gasteiger partial charge in [-0.25, -0.2) is 4.39 Å². The first-order valence-electron chi connectivity index (χ1n) is 8.88. The lowest BCUT2D eigenvalue weighted by atomic mass is 9.84. The highest BCUT2D eigenvalue weighted by Gasteiger charge is 2.32. The molecule has 0 atom stereocenters. The maximum absolute atomic E-state index is 14.1. The standard InChI is InChI=1S/C21H20ClFN4/c1-21(2,3)20-19-17(13-6-8-24-9-7-13)18(26-27(19)11-10-25-20)14-4-5-15(22)16(23)12-14/h4-9,12H,10-11H2,1-3H3. The van der Waals surface area contributed by atoms with Crippen molar-refractivity contribution in [3.8, 4) is 22.4 Å². The zero-order chi connectivity index (χ0) is 19.2. The summed E-state index contributed by atoms with van der Waals surface area (Å²) in [5.74, 6) is -0.453. The van der Waals surface area contributed by atoms with Crippen LogP contribution in [0.4, 0.5) is 4.39 Å². The Hall–Kier alpha value is -2.53. The Kier molecular flexibility index (Phi) is 4.35. The van der Waals surface area contributed by atoms with E-state index in [-0.39, 0.29) is 10.4 Å². The smallest absolute Gasteiger partial charge is 0.142 e. The summed E-state index contributed by atoms with van der Waals surface area (Å²) in [6.07, 6.45) is 3.50. The van der Waals surface area contributed by atoms with Gasteiger partial charge in [0.05, 0.1) is 29.5 Å². The number of aliphatic imine (C=N–C) groups is 1. The van der Waals surface area contributed by atoms with Crippen LogP contribution >= 0.6 is 11.6 Å². The van der Waals surface area contributed by atoms with Crippen molar-refractivity contribution in [3.05, 3.63) is 59.3 Å². The van der Waals surface area contributed by atoms with Crippen LogP contribution in [0.3, 0.4) is 0 Å². The molecule has 0 spiro atoms. The maximum atomic E-state index is 14.1. The second-order valence-corrected chi connectivity index (χ2v) is 8.05. The minimum Gasteiger partial charge on any atom is -0.285 e. The first-order valence-corrected chi connectivity index (χ1v) is 9.26. The molecule has 4 rings (SSSR count). The van der Waals surface area contributed by atoms with Gasteiger partial charge in [0.25, 0.3) is 0 Å². The largest absolute Gasteiger partial charge is 0.285 e. The van der Waals surface area contributed by atoms with E-state index >= 15 is 0 Å². The fraction of sp³-hybridized carbons (Fsp3) is 0.286. The number of nitrogens with zero attached hydrogens (tertiary/aromatic N) is 4. The van der Waals surface area contributed by atoms with Gasteiger partial charge in [0, 0.05) is 28.9 Å². The van der Waals surface area contributed by atoms with Gasteiger partial charge in [-0.15, -0.1) is 0 Å². The number of halogens is 2. The topological polar surface area (TPSA) is 43.1 Å². The van der Waals surface area contributed by atoms with Gasteiger partial charge in [0.2, 0.25) is 0 Å². The van der Waals surface area contributed by atoms with E-state index in [1.54, 1.807) is 24.5 Å². The average molecular weight is 383 g/mol. The van der Waals surface area contributed by atoms with Gasteiger partial charge in [0.1, 0.15) is 11.5 Å². The summed E-state index contributed by atoms with van der Waals surface area (Å²) < 4.78 is 16.1. The second kappa shape index (κ2) is 6.57. The number of benzene rings is 1. The normalized spacial score (nSPS) is 14.0. The molecular weight excluding hydrogens is 363 g/mol. The van der Waals surface area contributed by atoms with E-state index in [1.807, 2.05) is 16.8 Å². The summed E-state index contributed by atoms with van der Waals surface area (Å²) >= 11 is 5.88. The summed E-state index contributed by atoms with van der Waals surface area (Å²) in [6.45, 7) is 7.82. The van der Waals surface area contributed by atoms with Crippen LogP contribution in [0.1, 0.15) is 26.5 Å². The number of aromatic nitrogens is 3. The Morgan fingerprint density at radius 2 is 1.81 bits per heavy atom. The highest BCUT2D eigenvalue weighted by atomic mass is 35.5. The molecule has 2 aromatic heterocycles. The molecule has 0 N–H and O–H groups in total. The molecule has 0 aliphatic carbocycles. The van der Waals surface area contributed by atoms with Gasteiger partial charge < -0.3 is 0 Å². The molecule has 0 saturated carbocycles. The van der Waals surface area contributed by atoms with E-state index in [0.29, 0.717) is 18.7 Å². The van der Waals surface area contributed by atoms with Crippen LogP contribution in [0.25, 0.3) is 22.4 Å². The fourth-order valence-electron chi connectivity index (χ4n) is 3.43. The van der Waals surface area contributed by atoms with Crippen LogP contribution in [0, 0.1) is 11.2 Å². The van der Waals surface area contributed by atoms with E-state index in [4.69, 9.17) is 21.7 Å². The molecule has 1 aliphatic heterocycles. The maximum Gasteiger partial charge on any atom is 0.142 e. The number of pyridine rings is 1. The highest BCUT2D eigenvalue weighted by molar-refractivity contribution is 6.30. The van der Waals surface area contributed by atoms with E-state index in [2.05, 4.69) is 25.8 Å². The lowest BCUT2D eigenvalue weighted by molar-refractivity contribution is 0.545. The predicted molar refractivity (Wildman–Crippen MR) is 107 cm³/mol. The van der Waals surface area contributed by atoms with Crippen molar-refractivity contribution >= 4 is 17.3 Å². The van der Waals surface area contributed by atoms with Crippen LogP contribution in [0.5, 0.6) is 0 Å². The van der Waals surface area contributed by atoms with Crippen molar-refractivity contribution in [1.82, 2.24) is 14.8 Å². The molecule has 138 valence electrons. The highest BCUT2D eigenvalue weighted by Crippen LogP contribution is 2.39. The van der Waals surface area contributed by atoms with Crippen molar-refractivity contribution in [1.29, 1.82) is 0 Å². The van der Waals surface area contributed by atoms with Gasteiger partial charge >= 0.3 is 0 Å². The zero-order valence-electron chi connectivity index (χ0n) is 15.5. The minimum absolute atomic E-state index is 0.102. The van der Waals surface area contributed by atoms with Gasteiger partial charge in [-0.05, 0) is 29.8 Å². The van der Waals surface area contributed by atoms with Gasteiger partial charge in [0.15, 0.2) is 0 Å². The van der Waals surface area contributed by atoms with Crippen molar-refractivity contribution in [2.45, 2.75) is 27.3 Å². The number of hydrogen-bond donors (Lipinski definition) is 0. The number of rotatable bonds is 2. The molecule has 3 heterocycles. The SMILES string of the molecule is CC(C)(C)C1=NCCn2nc(-c3ccc(Cl)c(F)c3)c(-c3ccncc3)c21. The zero-order valence-corrected chi connectivity index (χ0v) is 16.3. The van der Waals surface area contributed by atoms with Crippen LogP contribution in [0.15, 0.2) is 47.7 Å². The lowest BCUT2D eigenvalue weighted by Gasteiger charge is -2.26. The molecule has 0 saturated heterocycles. The second-order valence-electron chi connectivity index (χ2n) is 7.64. The number of hydrogen-bond acceptors (Lipinski definition) is 3. The Labute approximate surface area is 162 Å². The molecule has 0 amide bonds. The van der Waals surface area contributed by atoms with Crippen LogP contribution in [-0.2, 0) is 6.54 Å². The molecule has 1 aliphatic rings. The molecule has 3 aromatic rings. The van der Waals surface area contributed by atoms with Gasteiger partial charge in [-0.3, -0.25) is 14.7 Å². The average Bonchev–Trinajstić information content (AvgIpc) is 3.03. The fourth-order valence-corrected chi connectivity index (χ4v) is 3.54. The Bertz CT molecular complexity index is 1030. The van der Waals surface area contributed by atoms with Crippen LogP contribution in [0.2, 0.25) is 5.02 Å². The Morgan fingerprint density at radius 1 is 1.07 bits per heavy atom. The molecule has 27 heavy (non-hydrogen) atoms. The third-order valence-electron chi connectivity index (χ3n) is 4.63. The summed E-state index contributed by atoms with van der Waals surface area (Å²) in [7, 11) is 0. The van der Waals surface area contributed by atoms with E-state index < -0.39 is 5.82 Å². The van der Waals surface area contributed by atoms with Gasteiger partial charge in [-0.2, -0.15) is 5.10 Å². The summed E-state index contributed by atoms with van der Waals surface area (Å²) in [5.41, 5.74) is 5.22. The summed E-state index contributed by atoms with van der Waals surface area (Å²) in [4.78, 5) is 8.94. The molecule has 0 radical (unpaired) electrons. The predicted octanol–water partition coefficient (Wildman–Crippen LogP) is 5.25. The third kappa shape index (κ3) is 3.16. The van der Waals surface area contributed by atoms with Crippen LogP contribution in [-0.4, -0.2) is 27.0 Å². The quantitative estimate of drug-likeness (QED) is 0.607. The first-order chi connectivity index (χ1) is 12.9. The van der Waals surface area contributed by atoms with Crippen molar-refractivity contribution in [2.75, 3.05) is 6.54 Å². The molecule has 1 aromatic carbocycles. The molecule has 0 fully saturated rings. The van der Waals surface area contributed by atoms with Crippen molar-refractivity contribution in [3.63, 3.8) is 0 Å². The molecule has 0 unspecified atom stereocenters. The molecule has 4 nitrogen and oxygen atoms in total. The lowest BCUT2D eigenvalue weighted by Crippen LogP contribution is -2.29. The van der Waals surface area contributed by atoms with Crippen molar-refractivity contribution in [2.24, 2.45) is 10.4 Å². The molecular formula is C21H20ClFN4. The summed E-state index contributed by atoms with van der Waals surface area (Å²) in [6, 6.07) is 8.71. The third-order valence-corrected chi connectivity index (χ3v) is 4.94. The van der Waals surface area contributed by atoms with E-state index in [9.17, 15) is 4.39 Å². The molecule has 0 bridgehead atoms. The van der Waals surface area contributed by atoms with Gasteiger partial charge in [-0.1, -0.05) is 38.4 Å². The van der Waals surface area contributed by atoms with E-state index in [0.717, 1.165) is 28.2 Å². The van der Waals surface area contributed by atoms with E-state index in [1.165, 1.54) is 6.07 Å². The Morgan fingerprint density at radius 3 is 2.48 bits per heavy atom. The summed E-state index contributed by atoms with van der Waals surface area (Å²) in [5, 5.41) is 4.94. The number of fused-ring (bicyclic) bond motifs is 1. The van der Waals surface area contributed by atoms with Crippen molar-refractivity contribution < 1.29 is 4.39 Å². The molecule has 6 heteroatoms. The minimum atomic E-state index is -0.453. The Balaban J connectivity index is 2.03. The monoisotopic (exact) mass is 382 g/mol. The van der Waals surface area contributed by atoms with Crippen LogP contribution < -0.4 is 0 Å². The first kappa shape index (κ1) is 17.9.